The van der Waals surface area contributed by atoms with Crippen molar-refractivity contribution < 1.29 is 0 Å². The molecule has 1 rings (SSSR count). The van der Waals surface area contributed by atoms with Crippen molar-refractivity contribution in [3.63, 3.8) is 0 Å². The van der Waals surface area contributed by atoms with Gasteiger partial charge in [-0.3, -0.25) is 0 Å². The number of aryl methyl sites for hydroxylation is 1. The fraction of sp³-hybridized carbons (Fsp3) is 0.200. The summed E-state index contributed by atoms with van der Waals surface area (Å²) in [5.74, 6) is 0. The van der Waals surface area contributed by atoms with Crippen LogP contribution in [0.25, 0.3) is 6.08 Å². The Morgan fingerprint density at radius 1 is 1.64 bits per heavy atom. The Morgan fingerprint density at radius 3 is 2.82 bits per heavy atom. The van der Waals surface area contributed by atoms with Crippen LogP contribution in [-0.2, 0) is 0 Å². The highest BCUT2D eigenvalue weighted by Gasteiger charge is 1.93. The predicted molar refractivity (Wildman–Crippen MR) is 52.9 cm³/mol. The average Bonchev–Trinajstić information content (AvgIpc) is 2.37. The minimum absolute atomic E-state index is 1.21. The van der Waals surface area contributed by atoms with Gasteiger partial charge in [0.05, 0.1) is 0 Å². The lowest BCUT2D eigenvalue weighted by molar-refractivity contribution is 1.53. The van der Waals surface area contributed by atoms with Gasteiger partial charge in [-0.1, -0.05) is 24.3 Å². The quantitative estimate of drug-likeness (QED) is 0.585. The lowest BCUT2D eigenvalue weighted by Crippen LogP contribution is -1.70. The summed E-state index contributed by atoms with van der Waals surface area (Å²) < 4.78 is 0. The van der Waals surface area contributed by atoms with Gasteiger partial charge < -0.3 is 0 Å². The summed E-state index contributed by atoms with van der Waals surface area (Å²) in [6.45, 7) is 7.90. The molecule has 11 heavy (non-hydrogen) atoms. The molecule has 0 spiro atoms. The van der Waals surface area contributed by atoms with Crippen molar-refractivity contribution in [1.82, 2.24) is 0 Å². The van der Waals surface area contributed by atoms with Gasteiger partial charge in [-0.05, 0) is 30.9 Å². The molecule has 0 fully saturated rings. The molecule has 0 aliphatic carbocycles. The SMILES string of the molecule is C=C/C(C)=C\c1ccsc1C. The molecule has 0 amide bonds. The first-order valence-corrected chi connectivity index (χ1v) is 4.47. The van der Waals surface area contributed by atoms with E-state index in [4.69, 9.17) is 0 Å². The maximum atomic E-state index is 3.71. The van der Waals surface area contributed by atoms with Crippen LogP contribution in [0.5, 0.6) is 0 Å². The van der Waals surface area contributed by atoms with Crippen LogP contribution in [0, 0.1) is 6.92 Å². The molecule has 0 saturated carbocycles. The minimum Gasteiger partial charge on any atom is -0.149 e. The fourth-order valence-electron chi connectivity index (χ4n) is 0.849. The Hall–Kier alpha value is -0.820. The summed E-state index contributed by atoms with van der Waals surface area (Å²) in [6, 6.07) is 2.13. The lowest BCUT2D eigenvalue weighted by Gasteiger charge is -1.91. The zero-order valence-corrected chi connectivity index (χ0v) is 7.74. The third kappa shape index (κ3) is 2.05. The standard InChI is InChI=1S/C10H12S/c1-4-8(2)7-10-5-6-11-9(10)3/h4-7H,1H2,2-3H3/b8-7-. The monoisotopic (exact) mass is 164 g/mol. The van der Waals surface area contributed by atoms with Crippen LogP contribution in [0.4, 0.5) is 0 Å². The van der Waals surface area contributed by atoms with Gasteiger partial charge in [-0.15, -0.1) is 11.3 Å². The summed E-state index contributed by atoms with van der Waals surface area (Å²) in [7, 11) is 0. The fourth-order valence-corrected chi connectivity index (χ4v) is 1.53. The first-order valence-electron chi connectivity index (χ1n) is 3.59. The van der Waals surface area contributed by atoms with E-state index in [2.05, 4.69) is 37.9 Å². The topological polar surface area (TPSA) is 0 Å². The van der Waals surface area contributed by atoms with E-state index in [-0.39, 0.29) is 0 Å². The van der Waals surface area contributed by atoms with Gasteiger partial charge >= 0.3 is 0 Å². The summed E-state index contributed by atoms with van der Waals surface area (Å²) in [4.78, 5) is 1.37. The van der Waals surface area contributed by atoms with Gasteiger partial charge in [-0.25, -0.2) is 0 Å². The molecule has 1 aromatic heterocycles. The largest absolute Gasteiger partial charge is 0.149 e. The summed E-state index contributed by atoms with van der Waals surface area (Å²) in [6.07, 6.45) is 4.02. The van der Waals surface area contributed by atoms with Crippen LogP contribution < -0.4 is 0 Å². The van der Waals surface area contributed by atoms with E-state index in [1.165, 1.54) is 16.0 Å². The van der Waals surface area contributed by atoms with Crippen LogP contribution in [0.15, 0.2) is 29.7 Å². The average molecular weight is 164 g/mol. The van der Waals surface area contributed by atoms with Crippen LogP contribution in [0.2, 0.25) is 0 Å². The number of thiophene rings is 1. The molecule has 0 nitrogen and oxygen atoms in total. The first kappa shape index (κ1) is 8.28. The Bertz CT molecular complexity index is 279. The molecule has 0 atom stereocenters. The van der Waals surface area contributed by atoms with Crippen molar-refractivity contribution in [2.45, 2.75) is 13.8 Å². The molecule has 1 heterocycles. The van der Waals surface area contributed by atoms with Crippen molar-refractivity contribution in [3.05, 3.63) is 40.1 Å². The third-order valence-electron chi connectivity index (χ3n) is 1.60. The molecule has 0 aliphatic heterocycles. The molecule has 0 N–H and O–H groups in total. The summed E-state index contributed by atoms with van der Waals surface area (Å²) in [5, 5.41) is 2.11. The Kier molecular flexibility index (Phi) is 2.66. The number of allylic oxidation sites excluding steroid dienone is 2. The van der Waals surface area contributed by atoms with Crippen molar-refractivity contribution in [3.8, 4) is 0 Å². The lowest BCUT2D eigenvalue weighted by atomic mass is 10.2. The van der Waals surface area contributed by atoms with E-state index in [0.29, 0.717) is 0 Å². The second-order valence-corrected chi connectivity index (χ2v) is 3.64. The van der Waals surface area contributed by atoms with E-state index in [0.717, 1.165) is 0 Å². The minimum atomic E-state index is 1.21. The molecule has 0 saturated heterocycles. The highest BCUT2D eigenvalue weighted by atomic mass is 32.1. The normalized spacial score (nSPS) is 11.6. The molecule has 0 aliphatic rings. The highest BCUT2D eigenvalue weighted by molar-refractivity contribution is 7.10. The first-order chi connectivity index (χ1) is 5.24. The van der Waals surface area contributed by atoms with Crippen LogP contribution in [-0.4, -0.2) is 0 Å². The molecule has 1 aromatic rings. The van der Waals surface area contributed by atoms with Crippen LogP contribution in [0.3, 0.4) is 0 Å². The van der Waals surface area contributed by atoms with Crippen molar-refractivity contribution in [2.75, 3.05) is 0 Å². The molecule has 0 radical (unpaired) electrons. The molecule has 1 heteroatoms. The van der Waals surface area contributed by atoms with E-state index in [1.807, 2.05) is 6.08 Å². The highest BCUT2D eigenvalue weighted by Crippen LogP contribution is 2.18. The maximum absolute atomic E-state index is 3.71. The summed E-state index contributed by atoms with van der Waals surface area (Å²) in [5.41, 5.74) is 2.53. The zero-order chi connectivity index (χ0) is 8.27. The van der Waals surface area contributed by atoms with Crippen molar-refractivity contribution >= 4 is 17.4 Å². The molecule has 0 unspecified atom stereocenters. The van der Waals surface area contributed by atoms with Gasteiger partial charge in [0.25, 0.3) is 0 Å². The van der Waals surface area contributed by atoms with Crippen molar-refractivity contribution in [2.24, 2.45) is 0 Å². The van der Waals surface area contributed by atoms with E-state index < -0.39 is 0 Å². The molecule has 58 valence electrons. The van der Waals surface area contributed by atoms with Gasteiger partial charge in [0, 0.05) is 4.88 Å². The molecular formula is C10H12S. The molecule has 0 aromatic carbocycles. The van der Waals surface area contributed by atoms with Gasteiger partial charge in [0.15, 0.2) is 0 Å². The van der Waals surface area contributed by atoms with Crippen LogP contribution in [0.1, 0.15) is 17.4 Å². The van der Waals surface area contributed by atoms with Crippen molar-refractivity contribution in [1.29, 1.82) is 0 Å². The molecule has 0 bridgehead atoms. The second-order valence-electron chi connectivity index (χ2n) is 2.52. The smallest absolute Gasteiger partial charge is 0.00866 e. The predicted octanol–water partition coefficient (Wildman–Crippen LogP) is 3.65. The Balaban J connectivity index is 2.94. The van der Waals surface area contributed by atoms with Gasteiger partial charge in [-0.2, -0.15) is 0 Å². The van der Waals surface area contributed by atoms with E-state index in [9.17, 15) is 0 Å². The Labute approximate surface area is 71.9 Å². The summed E-state index contributed by atoms with van der Waals surface area (Å²) >= 11 is 1.78. The van der Waals surface area contributed by atoms with E-state index in [1.54, 1.807) is 11.3 Å². The molecular weight excluding hydrogens is 152 g/mol. The maximum Gasteiger partial charge on any atom is 0.00866 e. The van der Waals surface area contributed by atoms with E-state index >= 15 is 0 Å². The number of hydrogen-bond donors (Lipinski definition) is 0. The number of rotatable bonds is 2. The third-order valence-corrected chi connectivity index (χ3v) is 2.47. The van der Waals surface area contributed by atoms with Gasteiger partial charge in [0.2, 0.25) is 0 Å². The Morgan fingerprint density at radius 2 is 2.36 bits per heavy atom. The van der Waals surface area contributed by atoms with Crippen LogP contribution >= 0.6 is 11.3 Å². The zero-order valence-electron chi connectivity index (χ0n) is 6.92. The van der Waals surface area contributed by atoms with Gasteiger partial charge in [0.1, 0.15) is 0 Å². The number of hydrogen-bond acceptors (Lipinski definition) is 1. The second kappa shape index (κ2) is 3.54.